The van der Waals surface area contributed by atoms with Gasteiger partial charge in [-0.3, -0.25) is 18.9 Å². The van der Waals surface area contributed by atoms with Gasteiger partial charge in [0.15, 0.2) is 11.6 Å². The molecule has 4 rings (SSSR count). The highest BCUT2D eigenvalue weighted by Gasteiger charge is 2.39. The number of ketones is 2. The molecule has 1 amide bonds. The van der Waals surface area contributed by atoms with Crippen LogP contribution in [-0.4, -0.2) is 66.6 Å². The van der Waals surface area contributed by atoms with E-state index in [2.05, 4.69) is 24.8 Å². The Hall–Kier alpha value is -3.53. The summed E-state index contributed by atoms with van der Waals surface area (Å²) in [6, 6.07) is 14.9. The van der Waals surface area contributed by atoms with Crippen molar-refractivity contribution in [3.63, 3.8) is 0 Å². The number of allylic oxidation sites excluding steroid dienone is 6. The summed E-state index contributed by atoms with van der Waals surface area (Å²) >= 11 is 5.78. The van der Waals surface area contributed by atoms with Crippen molar-refractivity contribution in [2.75, 3.05) is 36.2 Å². The van der Waals surface area contributed by atoms with Crippen LogP contribution in [0.1, 0.15) is 53.0 Å². The summed E-state index contributed by atoms with van der Waals surface area (Å²) in [6.07, 6.45) is 7.77. The lowest BCUT2D eigenvalue weighted by molar-refractivity contribution is -0.128. The number of para-hydroxylation sites is 1. The molecule has 1 aliphatic heterocycles. The molecule has 216 valence electrons. The molecule has 41 heavy (non-hydrogen) atoms. The second-order valence-electron chi connectivity index (χ2n) is 10.5. The molecule has 1 aliphatic carbocycles. The molecule has 1 heterocycles. The standard InChI is InChI=1S/C31H33ClN2O6S/c1-31(2)25-14-6-7-15-26(25)34(19-9-17-33(28(35)21-32)18-10-20-41(38,39)40)27(31)16-8-5-13-24-29(36)22-11-3-4-12-23(22)30(24)37/h3-8,11-16H,9-10,17-21H2,1-2H3,(H,38,39,40)/b8-5+,27-16+. The summed E-state index contributed by atoms with van der Waals surface area (Å²) in [5, 5.41) is 0. The number of carbonyl (C=O) groups excluding carboxylic acids is 3. The van der Waals surface area contributed by atoms with Crippen molar-refractivity contribution in [2.24, 2.45) is 0 Å². The van der Waals surface area contributed by atoms with E-state index in [0.717, 1.165) is 16.9 Å². The predicted octanol–water partition coefficient (Wildman–Crippen LogP) is 4.97. The fourth-order valence-corrected chi connectivity index (χ4v) is 6.07. The Labute approximate surface area is 245 Å². The predicted molar refractivity (Wildman–Crippen MR) is 160 cm³/mol. The number of carbonyl (C=O) groups is 3. The Morgan fingerprint density at radius 1 is 0.951 bits per heavy atom. The number of alkyl halides is 1. The topological polar surface area (TPSA) is 112 Å². The lowest BCUT2D eigenvalue weighted by Crippen LogP contribution is -2.36. The van der Waals surface area contributed by atoms with Crippen LogP contribution < -0.4 is 4.90 Å². The smallest absolute Gasteiger partial charge is 0.264 e. The van der Waals surface area contributed by atoms with Crippen molar-refractivity contribution in [3.05, 3.63) is 101 Å². The van der Waals surface area contributed by atoms with Gasteiger partial charge in [-0.1, -0.05) is 68.5 Å². The molecule has 0 unspecified atom stereocenters. The Morgan fingerprint density at radius 2 is 1.54 bits per heavy atom. The molecule has 0 spiro atoms. The Bertz CT molecular complexity index is 1520. The highest BCUT2D eigenvalue weighted by Crippen LogP contribution is 2.47. The third-order valence-corrected chi connectivity index (χ3v) is 8.47. The van der Waals surface area contributed by atoms with Gasteiger partial charge in [0.05, 0.1) is 11.3 Å². The van der Waals surface area contributed by atoms with Crippen LogP contribution in [0.4, 0.5) is 5.69 Å². The zero-order chi connectivity index (χ0) is 29.8. The SMILES string of the molecule is CC1(C)/C(=C\C=C\C=C2C(=O)c3ccccc3C2=O)N(CCCN(CCCS(=O)(=O)O)C(=O)CCl)c2ccccc21. The highest BCUT2D eigenvalue weighted by molar-refractivity contribution is 7.85. The summed E-state index contributed by atoms with van der Waals surface area (Å²) in [5.74, 6) is -1.48. The quantitative estimate of drug-likeness (QED) is 0.169. The Balaban J connectivity index is 1.52. The number of nitrogens with zero attached hydrogens (tertiary/aromatic N) is 2. The number of amides is 1. The number of fused-ring (bicyclic) bond motifs is 2. The van der Waals surface area contributed by atoms with E-state index < -0.39 is 15.9 Å². The highest BCUT2D eigenvalue weighted by atomic mass is 35.5. The Morgan fingerprint density at radius 3 is 2.17 bits per heavy atom. The van der Waals surface area contributed by atoms with Crippen molar-refractivity contribution in [1.29, 1.82) is 0 Å². The van der Waals surface area contributed by atoms with Gasteiger partial charge in [-0.15, -0.1) is 11.6 Å². The first-order chi connectivity index (χ1) is 19.5. The molecule has 0 saturated carbocycles. The van der Waals surface area contributed by atoms with Crippen molar-refractivity contribution in [3.8, 4) is 0 Å². The minimum absolute atomic E-state index is 0.114. The summed E-state index contributed by atoms with van der Waals surface area (Å²) in [4.78, 5) is 41.5. The number of Topliss-reactive ketones (excluding diaryl/α,β-unsaturated/α-hetero) is 2. The summed E-state index contributed by atoms with van der Waals surface area (Å²) in [6.45, 7) is 5.38. The van der Waals surface area contributed by atoms with Crippen LogP contribution in [0.15, 0.2) is 84.1 Å². The minimum atomic E-state index is -4.11. The van der Waals surface area contributed by atoms with E-state index in [1.807, 2.05) is 30.4 Å². The van der Waals surface area contributed by atoms with E-state index in [9.17, 15) is 22.8 Å². The summed E-state index contributed by atoms with van der Waals surface area (Å²) in [5.41, 5.74) is 3.88. The number of benzene rings is 2. The average Bonchev–Trinajstić information content (AvgIpc) is 3.31. The van der Waals surface area contributed by atoms with E-state index in [0.29, 0.717) is 30.6 Å². The third-order valence-electron chi connectivity index (χ3n) is 7.44. The molecular formula is C31H33ClN2O6S. The van der Waals surface area contributed by atoms with Crippen LogP contribution >= 0.6 is 11.6 Å². The normalized spacial score (nSPS) is 16.9. The number of halogens is 1. The molecule has 2 aromatic rings. The second kappa shape index (κ2) is 12.5. The molecule has 2 aliphatic rings. The van der Waals surface area contributed by atoms with E-state index >= 15 is 0 Å². The van der Waals surface area contributed by atoms with Gasteiger partial charge in [0.1, 0.15) is 5.88 Å². The van der Waals surface area contributed by atoms with E-state index in [-0.39, 0.29) is 47.3 Å². The minimum Gasteiger partial charge on any atom is -0.344 e. The lowest BCUT2D eigenvalue weighted by atomic mass is 9.84. The molecule has 0 saturated heterocycles. The summed E-state index contributed by atoms with van der Waals surface area (Å²) < 4.78 is 31.2. The molecular weight excluding hydrogens is 564 g/mol. The molecule has 10 heteroatoms. The van der Waals surface area contributed by atoms with Crippen LogP contribution in [0.2, 0.25) is 0 Å². The number of anilines is 1. The number of hydrogen-bond donors (Lipinski definition) is 1. The van der Waals surface area contributed by atoms with Crippen LogP contribution in [-0.2, 0) is 20.3 Å². The number of rotatable bonds is 11. The van der Waals surface area contributed by atoms with Crippen molar-refractivity contribution < 1.29 is 27.4 Å². The van der Waals surface area contributed by atoms with Gasteiger partial charge in [0, 0.05) is 47.6 Å². The first-order valence-electron chi connectivity index (χ1n) is 13.4. The largest absolute Gasteiger partial charge is 0.344 e. The lowest BCUT2D eigenvalue weighted by Gasteiger charge is -2.28. The Kier molecular flexibility index (Phi) is 9.31. The number of hydrogen-bond acceptors (Lipinski definition) is 6. The fraction of sp³-hybridized carbons (Fsp3) is 0.323. The molecule has 1 N–H and O–H groups in total. The zero-order valence-electron chi connectivity index (χ0n) is 23.0. The van der Waals surface area contributed by atoms with Crippen LogP contribution in [0, 0.1) is 0 Å². The monoisotopic (exact) mass is 596 g/mol. The van der Waals surface area contributed by atoms with Crippen LogP contribution in [0.25, 0.3) is 0 Å². The van der Waals surface area contributed by atoms with Gasteiger partial charge < -0.3 is 9.80 Å². The molecule has 0 fully saturated rings. The fourth-order valence-electron chi connectivity index (χ4n) is 5.41. The van der Waals surface area contributed by atoms with Gasteiger partial charge in [0.2, 0.25) is 5.91 Å². The van der Waals surface area contributed by atoms with E-state index in [4.69, 9.17) is 16.2 Å². The van der Waals surface area contributed by atoms with Crippen molar-refractivity contribution >= 4 is 44.9 Å². The van der Waals surface area contributed by atoms with Crippen LogP contribution in [0.5, 0.6) is 0 Å². The zero-order valence-corrected chi connectivity index (χ0v) is 24.6. The molecule has 0 aromatic heterocycles. The average molecular weight is 597 g/mol. The van der Waals surface area contributed by atoms with Gasteiger partial charge in [-0.25, -0.2) is 0 Å². The maximum absolute atomic E-state index is 12.7. The molecule has 2 aromatic carbocycles. The molecule has 0 atom stereocenters. The van der Waals surface area contributed by atoms with Crippen LogP contribution in [0.3, 0.4) is 0 Å². The van der Waals surface area contributed by atoms with Gasteiger partial charge >= 0.3 is 0 Å². The van der Waals surface area contributed by atoms with Gasteiger partial charge in [-0.2, -0.15) is 8.42 Å². The maximum Gasteiger partial charge on any atom is 0.264 e. The first kappa shape index (κ1) is 30.4. The van der Waals surface area contributed by atoms with Crippen molar-refractivity contribution in [2.45, 2.75) is 32.1 Å². The van der Waals surface area contributed by atoms with E-state index in [1.165, 1.54) is 4.90 Å². The molecule has 0 bridgehead atoms. The third kappa shape index (κ3) is 6.69. The van der Waals surface area contributed by atoms with Gasteiger partial charge in [-0.05, 0) is 36.6 Å². The maximum atomic E-state index is 12.7. The van der Waals surface area contributed by atoms with Crippen molar-refractivity contribution in [1.82, 2.24) is 4.90 Å². The first-order valence-corrected chi connectivity index (χ1v) is 15.5. The summed E-state index contributed by atoms with van der Waals surface area (Å²) in [7, 11) is -4.11. The second-order valence-corrected chi connectivity index (χ2v) is 12.4. The van der Waals surface area contributed by atoms with Gasteiger partial charge in [0.25, 0.3) is 10.1 Å². The molecule has 8 nitrogen and oxygen atoms in total. The van der Waals surface area contributed by atoms with E-state index in [1.54, 1.807) is 36.4 Å². The molecule has 0 radical (unpaired) electrons.